The fraction of sp³-hybridized carbons (Fsp3) is 0.333. The number of rotatable bonds is 6. The minimum atomic E-state index is 0.739. The molecule has 4 nitrogen and oxygen atoms in total. The molecule has 5 heteroatoms. The van der Waals surface area contributed by atoms with Gasteiger partial charge in [-0.1, -0.05) is 36.8 Å². The van der Waals surface area contributed by atoms with Crippen LogP contribution in [0.1, 0.15) is 24.5 Å². The lowest BCUT2D eigenvalue weighted by Gasteiger charge is -2.11. The van der Waals surface area contributed by atoms with E-state index in [0.29, 0.717) is 0 Å². The average molecular weight is 335 g/mol. The number of aromatic nitrogens is 2. The van der Waals surface area contributed by atoms with E-state index in [1.807, 2.05) is 0 Å². The highest BCUT2D eigenvalue weighted by atomic mass is 79.9. The Hall–Kier alpha value is -1.62. The van der Waals surface area contributed by atoms with Crippen molar-refractivity contribution in [2.75, 3.05) is 17.2 Å². The fourth-order valence-electron chi connectivity index (χ4n) is 1.75. The van der Waals surface area contributed by atoms with E-state index in [1.165, 1.54) is 11.1 Å². The Morgan fingerprint density at radius 3 is 2.35 bits per heavy atom. The lowest BCUT2D eigenvalue weighted by molar-refractivity contribution is 0.960. The molecule has 0 fully saturated rings. The van der Waals surface area contributed by atoms with Crippen molar-refractivity contribution in [2.45, 2.75) is 26.8 Å². The Kier molecular flexibility index (Phi) is 5.35. The predicted octanol–water partition coefficient (Wildman–Crippen LogP) is 3.98. The van der Waals surface area contributed by atoms with Crippen LogP contribution in [0.25, 0.3) is 0 Å². The highest BCUT2D eigenvalue weighted by Gasteiger charge is 2.07. The zero-order chi connectivity index (χ0) is 14.4. The molecule has 0 unspecified atom stereocenters. The van der Waals surface area contributed by atoms with Crippen molar-refractivity contribution >= 4 is 27.6 Å². The summed E-state index contributed by atoms with van der Waals surface area (Å²) in [5.41, 5.74) is 2.49. The number of nitrogens with zero attached hydrogens (tertiary/aromatic N) is 2. The molecule has 106 valence electrons. The molecule has 0 spiro atoms. The molecule has 1 aromatic heterocycles. The number of benzene rings is 1. The minimum absolute atomic E-state index is 0.739. The second-order valence-electron chi connectivity index (χ2n) is 4.65. The third-order valence-electron chi connectivity index (χ3n) is 2.91. The summed E-state index contributed by atoms with van der Waals surface area (Å²) in [6.07, 6.45) is 2.63. The van der Waals surface area contributed by atoms with Gasteiger partial charge in [-0.05, 0) is 34.8 Å². The van der Waals surface area contributed by atoms with E-state index in [0.717, 1.165) is 35.6 Å². The molecule has 0 atom stereocenters. The maximum Gasteiger partial charge on any atom is 0.146 e. The van der Waals surface area contributed by atoms with Gasteiger partial charge in [0.15, 0.2) is 0 Å². The van der Waals surface area contributed by atoms with Crippen LogP contribution in [0.3, 0.4) is 0 Å². The first-order valence-electron chi connectivity index (χ1n) is 6.74. The average Bonchev–Trinajstić information content (AvgIpc) is 2.47. The maximum absolute atomic E-state index is 4.27. The highest BCUT2D eigenvalue weighted by molar-refractivity contribution is 9.10. The number of hydrogen-bond acceptors (Lipinski definition) is 4. The topological polar surface area (TPSA) is 49.8 Å². The van der Waals surface area contributed by atoms with E-state index >= 15 is 0 Å². The zero-order valence-corrected chi connectivity index (χ0v) is 13.4. The molecule has 0 aliphatic heterocycles. The third kappa shape index (κ3) is 3.93. The molecule has 2 rings (SSSR count). The van der Waals surface area contributed by atoms with Gasteiger partial charge >= 0.3 is 0 Å². The SMILES string of the molecule is CCCNc1ncnc(NCc2ccc(C)cc2)c1Br. The van der Waals surface area contributed by atoms with Gasteiger partial charge in [-0.3, -0.25) is 0 Å². The van der Waals surface area contributed by atoms with Crippen LogP contribution < -0.4 is 10.6 Å². The number of aryl methyl sites for hydroxylation is 1. The lowest BCUT2D eigenvalue weighted by atomic mass is 10.1. The molecule has 2 N–H and O–H groups in total. The Bertz CT molecular complexity index is 554. The van der Waals surface area contributed by atoms with Gasteiger partial charge in [0, 0.05) is 13.1 Å². The fourth-order valence-corrected chi connectivity index (χ4v) is 2.24. The second kappa shape index (κ2) is 7.24. The molecule has 0 amide bonds. The van der Waals surface area contributed by atoms with Crippen molar-refractivity contribution in [2.24, 2.45) is 0 Å². The van der Waals surface area contributed by atoms with E-state index in [4.69, 9.17) is 0 Å². The number of halogens is 1. The van der Waals surface area contributed by atoms with Crippen molar-refractivity contribution in [3.63, 3.8) is 0 Å². The van der Waals surface area contributed by atoms with E-state index in [2.05, 4.69) is 74.6 Å². The number of hydrogen-bond donors (Lipinski definition) is 2. The maximum atomic E-state index is 4.27. The summed E-state index contributed by atoms with van der Waals surface area (Å²) in [7, 11) is 0. The molecule has 0 radical (unpaired) electrons. The summed E-state index contributed by atoms with van der Waals surface area (Å²) in [6.45, 7) is 5.85. The summed E-state index contributed by atoms with van der Waals surface area (Å²) < 4.78 is 0.876. The van der Waals surface area contributed by atoms with Gasteiger partial charge in [0.1, 0.15) is 22.4 Å². The Morgan fingerprint density at radius 1 is 1.05 bits per heavy atom. The van der Waals surface area contributed by atoms with Crippen LogP contribution in [0.2, 0.25) is 0 Å². The summed E-state index contributed by atoms with van der Waals surface area (Å²) in [4.78, 5) is 8.50. The summed E-state index contributed by atoms with van der Waals surface area (Å²) >= 11 is 3.55. The first kappa shape index (κ1) is 14.8. The van der Waals surface area contributed by atoms with Crippen molar-refractivity contribution in [1.29, 1.82) is 0 Å². The molecule has 0 aliphatic rings. The van der Waals surface area contributed by atoms with Crippen molar-refractivity contribution < 1.29 is 0 Å². The molecule has 0 aliphatic carbocycles. The third-order valence-corrected chi connectivity index (χ3v) is 3.66. The molecular formula is C15H19BrN4. The van der Waals surface area contributed by atoms with Crippen molar-refractivity contribution in [3.8, 4) is 0 Å². The second-order valence-corrected chi connectivity index (χ2v) is 5.44. The normalized spacial score (nSPS) is 10.3. The van der Waals surface area contributed by atoms with Gasteiger partial charge < -0.3 is 10.6 Å². The largest absolute Gasteiger partial charge is 0.369 e. The predicted molar refractivity (Wildman–Crippen MR) is 87.0 cm³/mol. The molecule has 0 bridgehead atoms. The van der Waals surface area contributed by atoms with Crippen molar-refractivity contribution in [1.82, 2.24) is 9.97 Å². The van der Waals surface area contributed by atoms with Gasteiger partial charge in [0.05, 0.1) is 0 Å². The molecule has 2 aromatic rings. The van der Waals surface area contributed by atoms with Gasteiger partial charge in [-0.2, -0.15) is 0 Å². The molecule has 1 heterocycles. The van der Waals surface area contributed by atoms with Crippen LogP contribution in [0.15, 0.2) is 35.1 Å². The van der Waals surface area contributed by atoms with Crippen LogP contribution in [0.4, 0.5) is 11.6 Å². The molecule has 1 aromatic carbocycles. The first-order valence-corrected chi connectivity index (χ1v) is 7.53. The van der Waals surface area contributed by atoms with Crippen LogP contribution >= 0.6 is 15.9 Å². The quantitative estimate of drug-likeness (QED) is 0.838. The van der Waals surface area contributed by atoms with Gasteiger partial charge in [0.2, 0.25) is 0 Å². The lowest BCUT2D eigenvalue weighted by Crippen LogP contribution is -2.07. The standard InChI is InChI=1S/C15H19BrN4/c1-3-8-17-14-13(16)15(20-10-19-14)18-9-12-6-4-11(2)5-7-12/h4-7,10H,3,8-9H2,1-2H3,(H2,17,18,19,20). The number of nitrogens with one attached hydrogen (secondary N) is 2. The first-order chi connectivity index (χ1) is 9.70. The van der Waals surface area contributed by atoms with Gasteiger partial charge in [0.25, 0.3) is 0 Å². The molecule has 0 saturated heterocycles. The van der Waals surface area contributed by atoms with E-state index in [-0.39, 0.29) is 0 Å². The molecule has 20 heavy (non-hydrogen) atoms. The Labute approximate surface area is 128 Å². The smallest absolute Gasteiger partial charge is 0.146 e. The van der Waals surface area contributed by atoms with E-state index in [1.54, 1.807) is 6.33 Å². The monoisotopic (exact) mass is 334 g/mol. The van der Waals surface area contributed by atoms with Crippen LogP contribution in [-0.4, -0.2) is 16.5 Å². The zero-order valence-electron chi connectivity index (χ0n) is 11.8. The van der Waals surface area contributed by atoms with E-state index < -0.39 is 0 Å². The minimum Gasteiger partial charge on any atom is -0.369 e. The van der Waals surface area contributed by atoms with Crippen LogP contribution in [-0.2, 0) is 6.54 Å². The van der Waals surface area contributed by atoms with E-state index in [9.17, 15) is 0 Å². The Morgan fingerprint density at radius 2 is 1.70 bits per heavy atom. The van der Waals surface area contributed by atoms with Crippen molar-refractivity contribution in [3.05, 3.63) is 46.2 Å². The number of anilines is 2. The summed E-state index contributed by atoms with van der Waals surface area (Å²) in [5.74, 6) is 1.63. The molecular weight excluding hydrogens is 316 g/mol. The van der Waals surface area contributed by atoms with Crippen LogP contribution in [0.5, 0.6) is 0 Å². The summed E-state index contributed by atoms with van der Waals surface area (Å²) in [5, 5.41) is 6.60. The van der Waals surface area contributed by atoms with Gasteiger partial charge in [-0.25, -0.2) is 9.97 Å². The van der Waals surface area contributed by atoms with Gasteiger partial charge in [-0.15, -0.1) is 0 Å². The summed E-state index contributed by atoms with van der Waals surface area (Å²) in [6, 6.07) is 8.46. The van der Waals surface area contributed by atoms with Crippen LogP contribution in [0, 0.1) is 6.92 Å². The Balaban J connectivity index is 2.03. The molecule has 0 saturated carbocycles. The highest BCUT2D eigenvalue weighted by Crippen LogP contribution is 2.26.